The number of nitrogens with zero attached hydrogens (tertiary/aromatic N) is 3. The first-order valence-electron chi connectivity index (χ1n) is 8.64. The summed E-state index contributed by atoms with van der Waals surface area (Å²) in [6, 6.07) is 3.22. The van der Waals surface area contributed by atoms with Crippen LogP contribution in [0.3, 0.4) is 0 Å². The number of aromatic nitrogens is 3. The molecule has 1 amide bonds. The van der Waals surface area contributed by atoms with Crippen LogP contribution in [0.1, 0.15) is 31.2 Å². The molecule has 1 aliphatic rings. The summed E-state index contributed by atoms with van der Waals surface area (Å²) in [7, 11) is 0. The Labute approximate surface area is 153 Å². The summed E-state index contributed by atoms with van der Waals surface area (Å²) in [5.74, 6) is -0.771. The van der Waals surface area contributed by atoms with E-state index < -0.39 is 18.6 Å². The Morgan fingerprint density at radius 3 is 2.89 bits per heavy atom. The van der Waals surface area contributed by atoms with Gasteiger partial charge >= 0.3 is 6.18 Å². The minimum absolute atomic E-state index is 0. The van der Waals surface area contributed by atoms with Crippen molar-refractivity contribution in [3.63, 3.8) is 0 Å². The minimum Gasteiger partial charge on any atom is -0.458 e. The van der Waals surface area contributed by atoms with Gasteiger partial charge in [0.25, 0.3) is 5.91 Å². The Balaban J connectivity index is 0.00000225. The van der Waals surface area contributed by atoms with Crippen LogP contribution in [-0.2, 0) is 0 Å². The fourth-order valence-corrected chi connectivity index (χ4v) is 3.25. The molecule has 4 rings (SSSR count). The van der Waals surface area contributed by atoms with E-state index >= 15 is 0 Å². The van der Waals surface area contributed by atoms with Crippen LogP contribution in [0.5, 0.6) is 0 Å². The summed E-state index contributed by atoms with van der Waals surface area (Å²) >= 11 is 0. The summed E-state index contributed by atoms with van der Waals surface area (Å²) in [5, 5.41) is 0.735. The molecule has 3 aromatic heterocycles. The van der Waals surface area contributed by atoms with E-state index in [4.69, 9.17) is 4.42 Å². The monoisotopic (exact) mass is 380 g/mol. The lowest BCUT2D eigenvalue weighted by atomic mass is 9.85. The number of rotatable bonds is 5. The molecule has 144 valence electrons. The Morgan fingerprint density at radius 2 is 2.19 bits per heavy atom. The van der Waals surface area contributed by atoms with Crippen molar-refractivity contribution >= 4 is 16.9 Å². The molecule has 1 saturated carbocycles. The molecular weight excluding hydrogens is 361 g/mol. The SMILES string of the molecule is O=C(c1cc(-c2ncnc3[nH]ccc23)co1)N(CC1CCC1)CC(F)(F)F.[HH]. The van der Waals surface area contributed by atoms with E-state index in [-0.39, 0.29) is 19.6 Å². The maximum atomic E-state index is 12.9. The van der Waals surface area contributed by atoms with E-state index in [0.29, 0.717) is 16.9 Å². The molecule has 0 saturated heterocycles. The molecule has 0 aromatic carbocycles. The molecular formula is C18H19F3N4O2. The first-order chi connectivity index (χ1) is 12.9. The van der Waals surface area contributed by atoms with Crippen LogP contribution in [0.2, 0.25) is 0 Å². The number of amides is 1. The second kappa shape index (κ2) is 6.71. The molecule has 6 nitrogen and oxygen atoms in total. The number of fused-ring (bicyclic) bond motifs is 1. The van der Waals surface area contributed by atoms with Gasteiger partial charge in [-0.15, -0.1) is 0 Å². The first kappa shape index (κ1) is 17.6. The van der Waals surface area contributed by atoms with Gasteiger partial charge in [-0.05, 0) is 30.9 Å². The average Bonchev–Trinajstić information content (AvgIpc) is 3.23. The number of alkyl halides is 3. The van der Waals surface area contributed by atoms with Crippen molar-refractivity contribution in [3.05, 3.63) is 36.7 Å². The number of carbonyl (C=O) groups is 1. The minimum atomic E-state index is -4.46. The molecule has 1 fully saturated rings. The maximum Gasteiger partial charge on any atom is 0.406 e. The van der Waals surface area contributed by atoms with Gasteiger partial charge in [-0.1, -0.05) is 6.42 Å². The number of nitrogens with one attached hydrogen (secondary N) is 1. The second-order valence-electron chi connectivity index (χ2n) is 6.76. The average molecular weight is 380 g/mol. The van der Waals surface area contributed by atoms with Crippen LogP contribution in [0.25, 0.3) is 22.3 Å². The Hall–Kier alpha value is -2.84. The van der Waals surface area contributed by atoms with Crippen molar-refractivity contribution in [1.29, 1.82) is 0 Å². The van der Waals surface area contributed by atoms with Gasteiger partial charge in [0.1, 0.15) is 24.8 Å². The zero-order chi connectivity index (χ0) is 19.0. The molecule has 27 heavy (non-hydrogen) atoms. The number of carbonyl (C=O) groups excluding carboxylic acids is 1. The van der Waals surface area contributed by atoms with Gasteiger partial charge in [-0.3, -0.25) is 4.79 Å². The lowest BCUT2D eigenvalue weighted by molar-refractivity contribution is -0.142. The predicted molar refractivity (Wildman–Crippen MR) is 93.0 cm³/mol. The largest absolute Gasteiger partial charge is 0.458 e. The van der Waals surface area contributed by atoms with E-state index in [1.54, 1.807) is 12.3 Å². The highest BCUT2D eigenvalue weighted by Crippen LogP contribution is 2.31. The molecule has 1 N–H and O–H groups in total. The van der Waals surface area contributed by atoms with Crippen molar-refractivity contribution in [2.24, 2.45) is 5.92 Å². The Kier molecular flexibility index (Phi) is 4.37. The number of furan rings is 1. The topological polar surface area (TPSA) is 75.0 Å². The quantitative estimate of drug-likeness (QED) is 0.717. The van der Waals surface area contributed by atoms with E-state index in [2.05, 4.69) is 15.0 Å². The third-order valence-electron chi connectivity index (χ3n) is 4.80. The van der Waals surface area contributed by atoms with E-state index in [1.807, 2.05) is 0 Å². The van der Waals surface area contributed by atoms with E-state index in [1.165, 1.54) is 18.7 Å². The molecule has 3 heterocycles. The summed E-state index contributed by atoms with van der Waals surface area (Å²) in [4.78, 5) is 24.7. The number of H-pyrrole nitrogens is 1. The highest BCUT2D eigenvalue weighted by molar-refractivity contribution is 5.95. The predicted octanol–water partition coefficient (Wildman–Crippen LogP) is 4.27. The van der Waals surface area contributed by atoms with Gasteiger partial charge in [0, 0.05) is 25.1 Å². The van der Waals surface area contributed by atoms with Gasteiger partial charge < -0.3 is 14.3 Å². The molecule has 0 aliphatic heterocycles. The summed E-state index contributed by atoms with van der Waals surface area (Å²) in [6.45, 7) is -1.20. The molecule has 1 aliphatic carbocycles. The number of halogens is 3. The normalized spacial score (nSPS) is 15.1. The highest BCUT2D eigenvalue weighted by Gasteiger charge is 2.36. The maximum absolute atomic E-state index is 12.9. The van der Waals surface area contributed by atoms with Crippen LogP contribution < -0.4 is 0 Å². The first-order valence-corrected chi connectivity index (χ1v) is 8.64. The fraction of sp³-hybridized carbons (Fsp3) is 0.389. The van der Waals surface area contributed by atoms with Gasteiger partial charge in [0.15, 0.2) is 5.76 Å². The molecule has 0 radical (unpaired) electrons. The lowest BCUT2D eigenvalue weighted by Crippen LogP contribution is -2.42. The number of hydrogen-bond acceptors (Lipinski definition) is 4. The Morgan fingerprint density at radius 1 is 1.37 bits per heavy atom. The molecule has 9 heteroatoms. The van der Waals surface area contributed by atoms with Gasteiger partial charge in [0.05, 0.1) is 5.69 Å². The summed E-state index contributed by atoms with van der Waals surface area (Å²) < 4.78 is 44.1. The summed E-state index contributed by atoms with van der Waals surface area (Å²) in [5.41, 5.74) is 1.68. The smallest absolute Gasteiger partial charge is 0.406 e. The van der Waals surface area contributed by atoms with Crippen molar-refractivity contribution in [3.8, 4) is 11.3 Å². The van der Waals surface area contributed by atoms with Crippen molar-refractivity contribution in [2.75, 3.05) is 13.1 Å². The number of aromatic amines is 1. The standard InChI is InChI=1S/C18H17F3N4O2.H2/c19-18(20,21)9-25(7-11-2-1-3-11)17(26)14-6-12(8-27-14)15-13-4-5-22-16(13)24-10-23-15;/h4-6,8,10-11H,1-3,7,9H2,(H,22,23,24);1H. The fourth-order valence-electron chi connectivity index (χ4n) is 3.25. The van der Waals surface area contributed by atoms with Crippen LogP contribution >= 0.6 is 0 Å². The van der Waals surface area contributed by atoms with Crippen LogP contribution in [-0.4, -0.2) is 45.0 Å². The van der Waals surface area contributed by atoms with Crippen LogP contribution in [0.15, 0.2) is 35.3 Å². The van der Waals surface area contributed by atoms with Crippen molar-refractivity contribution in [2.45, 2.75) is 25.4 Å². The third kappa shape index (κ3) is 3.67. The number of hydrogen-bond donors (Lipinski definition) is 1. The van der Waals surface area contributed by atoms with E-state index in [9.17, 15) is 18.0 Å². The molecule has 3 aromatic rings. The second-order valence-corrected chi connectivity index (χ2v) is 6.76. The van der Waals surface area contributed by atoms with Gasteiger partial charge in [-0.25, -0.2) is 9.97 Å². The highest BCUT2D eigenvalue weighted by atomic mass is 19.4. The molecule has 0 atom stereocenters. The lowest BCUT2D eigenvalue weighted by Gasteiger charge is -2.32. The zero-order valence-electron chi connectivity index (χ0n) is 14.3. The van der Waals surface area contributed by atoms with Gasteiger partial charge in [-0.2, -0.15) is 13.2 Å². The Bertz CT molecular complexity index is 965. The van der Waals surface area contributed by atoms with Crippen molar-refractivity contribution in [1.82, 2.24) is 19.9 Å². The third-order valence-corrected chi connectivity index (χ3v) is 4.80. The molecule has 0 unspecified atom stereocenters. The molecule has 0 bridgehead atoms. The van der Waals surface area contributed by atoms with Crippen LogP contribution in [0, 0.1) is 5.92 Å². The van der Waals surface area contributed by atoms with Gasteiger partial charge in [0.2, 0.25) is 0 Å². The van der Waals surface area contributed by atoms with Crippen molar-refractivity contribution < 1.29 is 23.8 Å². The van der Waals surface area contributed by atoms with Crippen LogP contribution in [0.4, 0.5) is 13.2 Å². The molecule has 0 spiro atoms. The zero-order valence-corrected chi connectivity index (χ0v) is 14.3. The van der Waals surface area contributed by atoms with E-state index in [0.717, 1.165) is 29.5 Å². The summed E-state index contributed by atoms with van der Waals surface area (Å²) in [6.07, 6.45) is 2.63.